The maximum absolute atomic E-state index is 12.3. The topological polar surface area (TPSA) is 60.9 Å². The van der Waals surface area contributed by atoms with E-state index in [1.807, 2.05) is 6.92 Å². The number of halogens is 2. The van der Waals surface area contributed by atoms with Crippen LogP contribution in [0.25, 0.3) is 0 Å². The first-order chi connectivity index (χ1) is 8.90. The molecule has 102 valence electrons. The van der Waals surface area contributed by atoms with Crippen molar-refractivity contribution < 1.29 is 4.21 Å². The van der Waals surface area contributed by atoms with Gasteiger partial charge in [0.1, 0.15) is 0 Å². The Bertz CT molecular complexity index is 655. The lowest BCUT2D eigenvalue weighted by Crippen LogP contribution is -2.04. The first kappa shape index (κ1) is 14.4. The van der Waals surface area contributed by atoms with E-state index >= 15 is 0 Å². The van der Waals surface area contributed by atoms with E-state index in [4.69, 9.17) is 28.9 Å². The second-order valence-corrected chi connectivity index (χ2v) is 6.38. The van der Waals surface area contributed by atoms with Crippen molar-refractivity contribution in [2.45, 2.75) is 17.6 Å². The molecule has 0 aliphatic carbocycles. The summed E-state index contributed by atoms with van der Waals surface area (Å²) in [7, 11) is 0.534. The van der Waals surface area contributed by atoms with Gasteiger partial charge in [0.15, 0.2) is 0 Å². The van der Waals surface area contributed by atoms with Crippen LogP contribution in [0.15, 0.2) is 23.1 Å². The molecule has 0 saturated heterocycles. The van der Waals surface area contributed by atoms with Gasteiger partial charge in [-0.2, -0.15) is 5.10 Å². The molecule has 0 spiro atoms. The van der Waals surface area contributed by atoms with Crippen molar-refractivity contribution >= 4 is 39.7 Å². The Morgan fingerprint density at radius 2 is 2.11 bits per heavy atom. The number of nitrogens with two attached hydrogens (primary N) is 1. The predicted molar refractivity (Wildman–Crippen MR) is 78.9 cm³/mol. The summed E-state index contributed by atoms with van der Waals surface area (Å²) in [6.07, 6.45) is 0. The molecule has 1 heterocycles. The zero-order valence-corrected chi connectivity index (χ0v) is 12.8. The minimum absolute atomic E-state index is 0.288. The van der Waals surface area contributed by atoms with Crippen LogP contribution in [0, 0.1) is 6.92 Å². The summed E-state index contributed by atoms with van der Waals surface area (Å²) in [5.41, 5.74) is 7.57. The summed E-state index contributed by atoms with van der Waals surface area (Å²) in [4.78, 5) is 0.620. The molecule has 2 N–H and O–H groups in total. The van der Waals surface area contributed by atoms with Crippen molar-refractivity contribution in [1.29, 1.82) is 0 Å². The maximum atomic E-state index is 12.3. The standard InChI is InChI=1S/C12H13Cl2N3OS/c1-7-12(14)11(17(2)16-7)6-19(18)8-3-4-10(15)9(13)5-8/h3-5H,6,15H2,1-2H3. The zero-order chi connectivity index (χ0) is 14.2. The number of aryl methyl sites for hydroxylation is 2. The van der Waals surface area contributed by atoms with Gasteiger partial charge in [-0.3, -0.25) is 8.89 Å². The number of hydrogen-bond donors (Lipinski definition) is 1. The number of benzene rings is 1. The van der Waals surface area contributed by atoms with Crippen molar-refractivity contribution in [3.63, 3.8) is 0 Å². The fourth-order valence-corrected chi connectivity index (χ4v) is 3.46. The molecule has 19 heavy (non-hydrogen) atoms. The van der Waals surface area contributed by atoms with Crippen LogP contribution in [0.3, 0.4) is 0 Å². The fourth-order valence-electron chi connectivity index (χ4n) is 1.69. The van der Waals surface area contributed by atoms with Gasteiger partial charge in [-0.1, -0.05) is 23.2 Å². The average Bonchev–Trinajstić information content (AvgIpc) is 2.59. The third kappa shape index (κ3) is 2.94. The molecule has 0 aliphatic rings. The highest BCUT2D eigenvalue weighted by Gasteiger charge is 2.15. The summed E-state index contributed by atoms with van der Waals surface area (Å²) < 4.78 is 14.0. The van der Waals surface area contributed by atoms with E-state index in [1.54, 1.807) is 29.9 Å². The molecule has 4 nitrogen and oxygen atoms in total. The SMILES string of the molecule is Cc1nn(C)c(CS(=O)c2ccc(N)c(Cl)c2)c1Cl. The molecule has 0 fully saturated rings. The smallest absolute Gasteiger partial charge is 0.0856 e. The van der Waals surface area contributed by atoms with Crippen LogP contribution in [0.4, 0.5) is 5.69 Å². The van der Waals surface area contributed by atoms with E-state index < -0.39 is 10.8 Å². The molecular weight excluding hydrogens is 305 g/mol. The van der Waals surface area contributed by atoms with Gasteiger partial charge in [0.25, 0.3) is 0 Å². The molecule has 1 unspecified atom stereocenters. The summed E-state index contributed by atoms with van der Waals surface area (Å²) in [5.74, 6) is 0.288. The van der Waals surface area contributed by atoms with Gasteiger partial charge in [0, 0.05) is 11.9 Å². The van der Waals surface area contributed by atoms with Crippen molar-refractivity contribution in [3.05, 3.63) is 39.6 Å². The average molecular weight is 318 g/mol. The minimum Gasteiger partial charge on any atom is -0.398 e. The second-order valence-electron chi connectivity index (χ2n) is 4.14. The largest absolute Gasteiger partial charge is 0.398 e. The van der Waals surface area contributed by atoms with Gasteiger partial charge >= 0.3 is 0 Å². The number of anilines is 1. The third-order valence-electron chi connectivity index (χ3n) is 2.76. The number of hydrogen-bond acceptors (Lipinski definition) is 3. The van der Waals surface area contributed by atoms with Crippen molar-refractivity contribution in [3.8, 4) is 0 Å². The molecule has 0 amide bonds. The first-order valence-electron chi connectivity index (χ1n) is 5.51. The Labute approximate surface area is 124 Å². The molecule has 2 rings (SSSR count). The Morgan fingerprint density at radius 1 is 1.42 bits per heavy atom. The highest BCUT2D eigenvalue weighted by molar-refractivity contribution is 7.84. The Kier molecular flexibility index (Phi) is 4.18. The molecule has 0 radical (unpaired) electrons. The highest BCUT2D eigenvalue weighted by atomic mass is 35.5. The zero-order valence-electron chi connectivity index (χ0n) is 10.5. The van der Waals surface area contributed by atoms with Crippen LogP contribution < -0.4 is 5.73 Å². The predicted octanol–water partition coefficient (Wildman–Crippen LogP) is 2.93. The summed E-state index contributed by atoms with van der Waals surface area (Å²) in [6.45, 7) is 1.81. The first-order valence-corrected chi connectivity index (χ1v) is 7.59. The van der Waals surface area contributed by atoms with Gasteiger partial charge in [0.05, 0.1) is 43.7 Å². The molecule has 0 bridgehead atoms. The highest BCUT2D eigenvalue weighted by Crippen LogP contribution is 2.25. The van der Waals surface area contributed by atoms with Crippen LogP contribution in [0.5, 0.6) is 0 Å². The van der Waals surface area contributed by atoms with Gasteiger partial charge in [-0.25, -0.2) is 0 Å². The van der Waals surface area contributed by atoms with E-state index in [0.29, 0.717) is 20.6 Å². The summed E-state index contributed by atoms with van der Waals surface area (Å²) >= 11 is 12.1. The lowest BCUT2D eigenvalue weighted by molar-refractivity contribution is 0.676. The van der Waals surface area contributed by atoms with Crippen LogP contribution >= 0.6 is 23.2 Å². The maximum Gasteiger partial charge on any atom is 0.0856 e. The van der Waals surface area contributed by atoms with Gasteiger partial charge in [0.2, 0.25) is 0 Å². The van der Waals surface area contributed by atoms with Gasteiger partial charge in [-0.05, 0) is 25.1 Å². The van der Waals surface area contributed by atoms with Crippen molar-refractivity contribution in [1.82, 2.24) is 9.78 Å². The summed E-state index contributed by atoms with van der Waals surface area (Å²) in [6, 6.07) is 4.96. The molecular formula is C12H13Cl2N3OS. The normalized spacial score (nSPS) is 12.6. The summed E-state index contributed by atoms with van der Waals surface area (Å²) in [5, 5.41) is 5.15. The van der Waals surface area contributed by atoms with E-state index in [9.17, 15) is 4.21 Å². The van der Waals surface area contributed by atoms with Crippen LogP contribution in [-0.2, 0) is 23.6 Å². The third-order valence-corrected chi connectivity index (χ3v) is 4.90. The Morgan fingerprint density at radius 3 is 2.63 bits per heavy atom. The minimum atomic E-state index is -1.25. The van der Waals surface area contributed by atoms with E-state index in [-0.39, 0.29) is 5.75 Å². The van der Waals surface area contributed by atoms with Gasteiger partial charge < -0.3 is 5.73 Å². The molecule has 0 aliphatic heterocycles. The number of rotatable bonds is 3. The molecule has 0 saturated carbocycles. The second kappa shape index (κ2) is 5.53. The van der Waals surface area contributed by atoms with Crippen LogP contribution in [-0.4, -0.2) is 14.0 Å². The van der Waals surface area contributed by atoms with E-state index in [2.05, 4.69) is 5.10 Å². The fraction of sp³-hybridized carbons (Fsp3) is 0.250. The number of nitrogen functional groups attached to an aromatic ring is 1. The molecule has 1 atom stereocenters. The quantitative estimate of drug-likeness (QED) is 0.885. The molecule has 1 aromatic heterocycles. The lowest BCUT2D eigenvalue weighted by Gasteiger charge is -2.05. The molecule has 7 heteroatoms. The van der Waals surface area contributed by atoms with Crippen LogP contribution in [0.2, 0.25) is 10.0 Å². The number of aromatic nitrogens is 2. The molecule has 2 aromatic rings. The lowest BCUT2D eigenvalue weighted by atomic mass is 10.3. The number of nitrogens with zero attached hydrogens (tertiary/aromatic N) is 2. The van der Waals surface area contributed by atoms with Crippen molar-refractivity contribution in [2.75, 3.05) is 5.73 Å². The van der Waals surface area contributed by atoms with Crippen LogP contribution in [0.1, 0.15) is 11.4 Å². The van der Waals surface area contributed by atoms with Crippen molar-refractivity contribution in [2.24, 2.45) is 7.05 Å². The monoisotopic (exact) mass is 317 g/mol. The molecule has 1 aromatic carbocycles. The Hall–Kier alpha value is -1.04. The van der Waals surface area contributed by atoms with Gasteiger partial charge in [-0.15, -0.1) is 0 Å². The van der Waals surface area contributed by atoms with E-state index in [0.717, 1.165) is 11.4 Å². The van der Waals surface area contributed by atoms with E-state index in [1.165, 1.54) is 0 Å². The Balaban J connectivity index is 2.28.